The monoisotopic (exact) mass is 245 g/mol. The van der Waals surface area contributed by atoms with Gasteiger partial charge in [0.2, 0.25) is 0 Å². The first-order valence-electron chi connectivity index (χ1n) is 5.19. The van der Waals surface area contributed by atoms with E-state index in [1.165, 1.54) is 4.88 Å². The molecule has 0 saturated heterocycles. The van der Waals surface area contributed by atoms with Crippen LogP contribution in [0, 0.1) is 13.8 Å². The smallest absolute Gasteiger partial charge is 0.172 e. The molecule has 0 aliphatic heterocycles. The van der Waals surface area contributed by atoms with Gasteiger partial charge in [-0.25, -0.2) is 4.98 Å². The van der Waals surface area contributed by atoms with Crippen LogP contribution >= 0.6 is 11.3 Å². The van der Waals surface area contributed by atoms with E-state index < -0.39 is 0 Å². The highest BCUT2D eigenvalue weighted by molar-refractivity contribution is 7.16. The molecule has 0 atom stereocenters. The maximum Gasteiger partial charge on any atom is 0.172 e. The van der Waals surface area contributed by atoms with Crippen LogP contribution < -0.4 is 5.73 Å². The summed E-state index contributed by atoms with van der Waals surface area (Å²) < 4.78 is 1.85. The second-order valence-corrected chi connectivity index (χ2v) is 5.11. The predicted molar refractivity (Wildman–Crippen MR) is 68.0 cm³/mol. The first-order valence-corrected chi connectivity index (χ1v) is 6.00. The van der Waals surface area contributed by atoms with Crippen molar-refractivity contribution in [2.45, 2.75) is 13.8 Å². The summed E-state index contributed by atoms with van der Waals surface area (Å²) in [6, 6.07) is 1.82. The van der Waals surface area contributed by atoms with Crippen LogP contribution in [0.5, 0.6) is 0 Å². The van der Waals surface area contributed by atoms with Crippen LogP contribution in [0.4, 0.5) is 5.00 Å². The van der Waals surface area contributed by atoms with Gasteiger partial charge in [0.15, 0.2) is 11.5 Å². The number of nitrogens with two attached hydrogens (primary N) is 1. The Hall–Kier alpha value is -1.95. The van der Waals surface area contributed by atoms with E-state index in [1.807, 2.05) is 10.5 Å². The molecule has 3 aromatic heterocycles. The van der Waals surface area contributed by atoms with Gasteiger partial charge < -0.3 is 5.73 Å². The molecule has 0 aromatic carbocycles. The van der Waals surface area contributed by atoms with Gasteiger partial charge in [-0.05, 0) is 19.4 Å². The molecule has 86 valence electrons. The van der Waals surface area contributed by atoms with Crippen molar-refractivity contribution in [3.63, 3.8) is 0 Å². The minimum absolute atomic E-state index is 0.757. The van der Waals surface area contributed by atoms with Gasteiger partial charge in [-0.1, -0.05) is 0 Å². The van der Waals surface area contributed by atoms with E-state index in [4.69, 9.17) is 5.73 Å². The average Bonchev–Trinajstić information content (AvgIpc) is 2.82. The maximum absolute atomic E-state index is 6.04. The molecule has 17 heavy (non-hydrogen) atoms. The highest BCUT2D eigenvalue weighted by atomic mass is 32.1. The van der Waals surface area contributed by atoms with E-state index in [9.17, 15) is 0 Å². The van der Waals surface area contributed by atoms with Gasteiger partial charge in [-0.2, -0.15) is 0 Å². The number of thiophene rings is 1. The fourth-order valence-electron chi connectivity index (χ4n) is 1.85. The lowest BCUT2D eigenvalue weighted by molar-refractivity contribution is 1.08. The second-order valence-electron chi connectivity index (χ2n) is 3.85. The minimum atomic E-state index is 0.757. The number of aryl methyl sites for hydroxylation is 1. The summed E-state index contributed by atoms with van der Waals surface area (Å²) in [5.74, 6) is 0.757. The third-order valence-corrected chi connectivity index (χ3v) is 3.89. The number of nitrogen functional groups attached to an aromatic ring is 1. The number of nitrogens with zero attached hydrogens (tertiary/aromatic N) is 4. The normalized spacial score (nSPS) is 11.2. The zero-order valence-electron chi connectivity index (χ0n) is 9.51. The topological polar surface area (TPSA) is 69.1 Å². The van der Waals surface area contributed by atoms with Crippen molar-refractivity contribution in [2.24, 2.45) is 0 Å². The van der Waals surface area contributed by atoms with Crippen molar-refractivity contribution >= 4 is 22.0 Å². The summed E-state index contributed by atoms with van der Waals surface area (Å²) in [5, 5.41) is 9.08. The van der Waals surface area contributed by atoms with E-state index in [0.29, 0.717) is 0 Å². The number of anilines is 1. The molecule has 0 saturated carbocycles. The quantitative estimate of drug-likeness (QED) is 0.712. The Labute approximate surface area is 102 Å². The molecule has 0 radical (unpaired) electrons. The average molecular weight is 245 g/mol. The molecule has 0 aliphatic rings. The number of hydrogen-bond donors (Lipinski definition) is 1. The van der Waals surface area contributed by atoms with Crippen molar-refractivity contribution in [3.05, 3.63) is 29.0 Å². The summed E-state index contributed by atoms with van der Waals surface area (Å²) in [6.07, 6.45) is 3.40. The Balaban J connectivity index is 2.35. The first kappa shape index (κ1) is 10.2. The predicted octanol–water partition coefficient (Wildman–Crippen LogP) is 2.05. The molecule has 3 heterocycles. The Kier molecular flexibility index (Phi) is 2.12. The van der Waals surface area contributed by atoms with Gasteiger partial charge in [0.1, 0.15) is 6.33 Å². The van der Waals surface area contributed by atoms with Crippen LogP contribution in [-0.2, 0) is 0 Å². The van der Waals surface area contributed by atoms with Gasteiger partial charge in [-0.3, -0.25) is 4.40 Å². The minimum Gasteiger partial charge on any atom is -0.390 e. The van der Waals surface area contributed by atoms with Gasteiger partial charge >= 0.3 is 0 Å². The summed E-state index contributed by atoms with van der Waals surface area (Å²) in [7, 11) is 0. The molecule has 0 amide bonds. The van der Waals surface area contributed by atoms with E-state index in [2.05, 4.69) is 29.0 Å². The standard InChI is InChI=1S/C11H11N5S/c1-6-7(2)17-10(12)9(6)11-15-14-8-3-4-13-5-16(8)11/h3-5H,12H2,1-2H3. The molecule has 3 rings (SSSR count). The number of rotatable bonds is 1. The lowest BCUT2D eigenvalue weighted by Crippen LogP contribution is -1.93. The van der Waals surface area contributed by atoms with Gasteiger partial charge in [0.05, 0.1) is 10.6 Å². The highest BCUT2D eigenvalue weighted by Crippen LogP contribution is 2.36. The fraction of sp³-hybridized carbons (Fsp3) is 0.182. The fourth-order valence-corrected chi connectivity index (χ4v) is 2.78. The van der Waals surface area contributed by atoms with Gasteiger partial charge in [-0.15, -0.1) is 21.5 Å². The van der Waals surface area contributed by atoms with E-state index >= 15 is 0 Å². The largest absolute Gasteiger partial charge is 0.390 e. The highest BCUT2D eigenvalue weighted by Gasteiger charge is 2.17. The molecular formula is C11H11N5S. The van der Waals surface area contributed by atoms with Gasteiger partial charge in [0, 0.05) is 17.1 Å². The van der Waals surface area contributed by atoms with Gasteiger partial charge in [0.25, 0.3) is 0 Å². The van der Waals surface area contributed by atoms with Crippen molar-refractivity contribution in [2.75, 3.05) is 5.73 Å². The summed E-state index contributed by atoms with van der Waals surface area (Å²) in [6.45, 7) is 4.11. The zero-order valence-corrected chi connectivity index (χ0v) is 10.3. The first-order chi connectivity index (χ1) is 8.18. The van der Waals surface area contributed by atoms with Crippen LogP contribution in [0.3, 0.4) is 0 Å². The maximum atomic E-state index is 6.04. The number of hydrogen-bond acceptors (Lipinski definition) is 5. The lowest BCUT2D eigenvalue weighted by atomic mass is 10.1. The Morgan fingerprint density at radius 2 is 2.12 bits per heavy atom. The second kappa shape index (κ2) is 3.53. The van der Waals surface area contributed by atoms with Crippen molar-refractivity contribution in [1.82, 2.24) is 19.6 Å². The molecule has 0 unspecified atom stereocenters. The number of aromatic nitrogens is 4. The molecule has 0 spiro atoms. The molecular weight excluding hydrogens is 234 g/mol. The van der Waals surface area contributed by atoms with Crippen LogP contribution in [0.15, 0.2) is 18.6 Å². The third-order valence-electron chi connectivity index (χ3n) is 2.85. The van der Waals surface area contributed by atoms with Crippen LogP contribution in [0.25, 0.3) is 17.0 Å². The number of fused-ring (bicyclic) bond motifs is 1. The molecule has 0 fully saturated rings. The Morgan fingerprint density at radius 3 is 2.82 bits per heavy atom. The third kappa shape index (κ3) is 1.41. The molecule has 2 N–H and O–H groups in total. The summed E-state index contributed by atoms with van der Waals surface area (Å²) in [4.78, 5) is 5.29. The summed E-state index contributed by atoms with van der Waals surface area (Å²) >= 11 is 1.58. The van der Waals surface area contributed by atoms with Crippen LogP contribution in [-0.4, -0.2) is 19.6 Å². The Bertz CT molecular complexity index is 697. The van der Waals surface area contributed by atoms with Crippen LogP contribution in [0.2, 0.25) is 0 Å². The molecule has 0 aliphatic carbocycles. The molecule has 5 nitrogen and oxygen atoms in total. The zero-order chi connectivity index (χ0) is 12.0. The molecule has 0 bridgehead atoms. The van der Waals surface area contributed by atoms with E-state index in [0.717, 1.165) is 27.6 Å². The lowest BCUT2D eigenvalue weighted by Gasteiger charge is -2.00. The van der Waals surface area contributed by atoms with Crippen molar-refractivity contribution in [3.8, 4) is 11.4 Å². The van der Waals surface area contributed by atoms with Crippen molar-refractivity contribution < 1.29 is 0 Å². The van der Waals surface area contributed by atoms with E-state index in [-0.39, 0.29) is 0 Å². The Morgan fingerprint density at radius 1 is 1.29 bits per heavy atom. The summed E-state index contributed by atoms with van der Waals surface area (Å²) in [5.41, 5.74) is 8.94. The SMILES string of the molecule is Cc1sc(N)c(-c2nnc3ccncn23)c1C. The molecule has 3 aromatic rings. The van der Waals surface area contributed by atoms with Crippen LogP contribution in [0.1, 0.15) is 10.4 Å². The van der Waals surface area contributed by atoms with Crippen molar-refractivity contribution in [1.29, 1.82) is 0 Å². The molecule has 6 heteroatoms. The van der Waals surface area contributed by atoms with E-state index in [1.54, 1.807) is 23.9 Å².